The van der Waals surface area contributed by atoms with Crippen molar-refractivity contribution in [1.82, 2.24) is 5.32 Å². The number of nitrogens with two attached hydrogens (primary N) is 1. The molecule has 4 aliphatic carbocycles. The Morgan fingerprint density at radius 3 is 2.35 bits per heavy atom. The number of hydrogen-bond acceptors (Lipinski definition) is 1. The van der Waals surface area contributed by atoms with Crippen LogP contribution in [0.25, 0.3) is 0 Å². The lowest BCUT2D eigenvalue weighted by molar-refractivity contribution is -0.682. The molecule has 0 heterocycles. The summed E-state index contributed by atoms with van der Waals surface area (Å²) < 4.78 is 26.4. The summed E-state index contributed by atoms with van der Waals surface area (Å²) in [6.07, 6.45) is 8.09. The molecule has 0 radical (unpaired) electrons. The average Bonchev–Trinajstić information content (AvgIpc) is 2.59. The van der Waals surface area contributed by atoms with E-state index < -0.39 is 11.6 Å². The SMILES string of the molecule is C[C@H]([NH2+]CC(=O)NCC12CC3CC(CC(C3)C1)C2)c1ccc(F)c(F)c1. The van der Waals surface area contributed by atoms with E-state index in [9.17, 15) is 13.6 Å². The van der Waals surface area contributed by atoms with Crippen LogP contribution in [0.2, 0.25) is 0 Å². The first kappa shape index (κ1) is 17.9. The van der Waals surface area contributed by atoms with Crippen molar-refractivity contribution in [3.8, 4) is 0 Å². The third kappa shape index (κ3) is 3.64. The molecule has 4 aliphatic rings. The number of benzene rings is 1. The van der Waals surface area contributed by atoms with Crippen molar-refractivity contribution < 1.29 is 18.9 Å². The van der Waals surface area contributed by atoms with Gasteiger partial charge in [-0.15, -0.1) is 0 Å². The maximum absolute atomic E-state index is 13.4. The number of carbonyl (C=O) groups is 1. The molecule has 142 valence electrons. The van der Waals surface area contributed by atoms with Crippen LogP contribution in [0, 0.1) is 34.8 Å². The molecule has 0 saturated heterocycles. The molecular formula is C21H29F2N2O+. The topological polar surface area (TPSA) is 45.7 Å². The van der Waals surface area contributed by atoms with Crippen molar-refractivity contribution in [3.05, 3.63) is 35.4 Å². The molecule has 1 aromatic carbocycles. The predicted octanol–water partition coefficient (Wildman–Crippen LogP) is 2.92. The van der Waals surface area contributed by atoms with Crippen LogP contribution in [0.3, 0.4) is 0 Å². The van der Waals surface area contributed by atoms with Gasteiger partial charge in [-0.25, -0.2) is 8.78 Å². The van der Waals surface area contributed by atoms with Gasteiger partial charge in [-0.3, -0.25) is 4.79 Å². The molecular weight excluding hydrogens is 334 g/mol. The van der Waals surface area contributed by atoms with Gasteiger partial charge in [0.15, 0.2) is 18.2 Å². The highest BCUT2D eigenvalue weighted by molar-refractivity contribution is 5.76. The number of halogens is 2. The zero-order chi connectivity index (χ0) is 18.3. The van der Waals surface area contributed by atoms with Gasteiger partial charge in [-0.05, 0) is 86.8 Å². The zero-order valence-electron chi connectivity index (χ0n) is 15.4. The summed E-state index contributed by atoms with van der Waals surface area (Å²) in [5, 5.41) is 5.04. The normalized spacial score (nSPS) is 33.3. The van der Waals surface area contributed by atoms with Crippen molar-refractivity contribution in [2.45, 2.75) is 51.5 Å². The summed E-state index contributed by atoms with van der Waals surface area (Å²) in [5.74, 6) is 1.02. The van der Waals surface area contributed by atoms with Gasteiger partial charge in [-0.2, -0.15) is 0 Å². The lowest BCUT2D eigenvalue weighted by Crippen LogP contribution is -2.87. The molecule has 0 unspecified atom stereocenters. The molecule has 5 heteroatoms. The molecule has 3 nitrogen and oxygen atoms in total. The summed E-state index contributed by atoms with van der Waals surface area (Å²) in [4.78, 5) is 12.3. The summed E-state index contributed by atoms with van der Waals surface area (Å²) in [6.45, 7) is 3.02. The molecule has 3 N–H and O–H groups in total. The van der Waals surface area contributed by atoms with E-state index in [1.54, 1.807) is 6.07 Å². The Labute approximate surface area is 153 Å². The molecule has 1 amide bonds. The van der Waals surface area contributed by atoms with Gasteiger partial charge in [0.1, 0.15) is 6.04 Å². The lowest BCUT2D eigenvalue weighted by Gasteiger charge is -2.56. The number of carbonyl (C=O) groups excluding carboxylic acids is 1. The maximum Gasteiger partial charge on any atom is 0.275 e. The summed E-state index contributed by atoms with van der Waals surface area (Å²) in [6, 6.07) is 3.84. The summed E-state index contributed by atoms with van der Waals surface area (Å²) in [5.41, 5.74) is 1.04. The highest BCUT2D eigenvalue weighted by Crippen LogP contribution is 2.59. The van der Waals surface area contributed by atoms with Crippen molar-refractivity contribution in [2.24, 2.45) is 23.2 Å². The second kappa shape index (κ2) is 6.91. The molecule has 4 fully saturated rings. The van der Waals surface area contributed by atoms with E-state index in [4.69, 9.17) is 0 Å². The van der Waals surface area contributed by atoms with Gasteiger partial charge in [0, 0.05) is 12.1 Å². The first-order chi connectivity index (χ1) is 12.4. The highest BCUT2D eigenvalue weighted by atomic mass is 19.2. The van der Waals surface area contributed by atoms with Gasteiger partial charge < -0.3 is 10.6 Å². The third-order valence-electron chi connectivity index (χ3n) is 6.95. The Kier molecular flexibility index (Phi) is 4.76. The van der Waals surface area contributed by atoms with E-state index in [1.165, 1.54) is 44.6 Å². The van der Waals surface area contributed by atoms with E-state index in [0.29, 0.717) is 17.5 Å². The van der Waals surface area contributed by atoms with Crippen LogP contribution in [0.15, 0.2) is 18.2 Å². The van der Waals surface area contributed by atoms with E-state index in [2.05, 4.69) is 5.32 Å². The minimum absolute atomic E-state index is 0.0372. The Morgan fingerprint density at radius 2 is 1.77 bits per heavy atom. The number of nitrogens with one attached hydrogen (secondary N) is 1. The molecule has 4 bridgehead atoms. The Hall–Kier alpha value is -1.49. The highest BCUT2D eigenvalue weighted by Gasteiger charge is 2.50. The van der Waals surface area contributed by atoms with E-state index >= 15 is 0 Å². The largest absolute Gasteiger partial charge is 0.351 e. The van der Waals surface area contributed by atoms with Crippen LogP contribution in [0.4, 0.5) is 8.78 Å². The number of quaternary nitrogens is 1. The second-order valence-electron chi connectivity index (χ2n) is 9.10. The quantitative estimate of drug-likeness (QED) is 0.802. The summed E-state index contributed by atoms with van der Waals surface area (Å²) >= 11 is 0. The van der Waals surface area contributed by atoms with Crippen LogP contribution >= 0.6 is 0 Å². The van der Waals surface area contributed by atoms with E-state index in [0.717, 1.165) is 30.4 Å². The third-order valence-corrected chi connectivity index (χ3v) is 6.95. The zero-order valence-corrected chi connectivity index (χ0v) is 15.4. The summed E-state index contributed by atoms with van der Waals surface area (Å²) in [7, 11) is 0. The lowest BCUT2D eigenvalue weighted by atomic mass is 9.49. The fourth-order valence-electron chi connectivity index (χ4n) is 6.08. The molecule has 0 spiro atoms. The van der Waals surface area contributed by atoms with Gasteiger partial charge in [0.05, 0.1) is 0 Å². The molecule has 1 aromatic rings. The van der Waals surface area contributed by atoms with E-state index in [-0.39, 0.29) is 11.9 Å². The molecule has 0 aliphatic heterocycles. The molecule has 5 rings (SSSR count). The maximum atomic E-state index is 13.4. The Bertz CT molecular complexity index is 655. The Balaban J connectivity index is 1.26. The van der Waals surface area contributed by atoms with Crippen molar-refractivity contribution in [2.75, 3.05) is 13.1 Å². The van der Waals surface area contributed by atoms with Gasteiger partial charge in [0.2, 0.25) is 0 Å². The smallest absolute Gasteiger partial charge is 0.275 e. The first-order valence-corrected chi connectivity index (χ1v) is 9.97. The fourth-order valence-corrected chi connectivity index (χ4v) is 6.08. The van der Waals surface area contributed by atoms with Gasteiger partial charge in [-0.1, -0.05) is 0 Å². The second-order valence-corrected chi connectivity index (χ2v) is 9.10. The predicted molar refractivity (Wildman–Crippen MR) is 95.2 cm³/mol. The first-order valence-electron chi connectivity index (χ1n) is 9.97. The minimum Gasteiger partial charge on any atom is -0.351 e. The van der Waals surface area contributed by atoms with Crippen molar-refractivity contribution in [1.29, 1.82) is 0 Å². The molecule has 4 saturated carbocycles. The standard InChI is InChI=1S/C21H28F2N2O/c1-13(17-2-3-18(22)19(23)7-17)24-11-20(26)25-12-21-8-14-4-15(9-21)6-16(5-14)10-21/h2-3,7,13-16,24H,4-6,8-12H2,1H3,(H,25,26)/p+1/t13-,14?,15?,16?,21?/m0/s1. The fraction of sp³-hybridized carbons (Fsp3) is 0.667. The van der Waals surface area contributed by atoms with Gasteiger partial charge >= 0.3 is 0 Å². The van der Waals surface area contributed by atoms with Crippen molar-refractivity contribution >= 4 is 5.91 Å². The van der Waals surface area contributed by atoms with Crippen LogP contribution in [-0.2, 0) is 4.79 Å². The number of amides is 1. The average molecular weight is 363 g/mol. The van der Waals surface area contributed by atoms with Gasteiger partial charge in [0.25, 0.3) is 5.91 Å². The number of hydrogen-bond donors (Lipinski definition) is 2. The van der Waals surface area contributed by atoms with Crippen LogP contribution in [0.5, 0.6) is 0 Å². The monoisotopic (exact) mass is 363 g/mol. The van der Waals surface area contributed by atoms with E-state index in [1.807, 2.05) is 12.2 Å². The van der Waals surface area contributed by atoms with Crippen LogP contribution < -0.4 is 10.6 Å². The Morgan fingerprint density at radius 1 is 1.15 bits per heavy atom. The van der Waals surface area contributed by atoms with Crippen LogP contribution in [-0.4, -0.2) is 19.0 Å². The molecule has 26 heavy (non-hydrogen) atoms. The number of rotatable bonds is 6. The minimum atomic E-state index is -0.839. The molecule has 1 atom stereocenters. The van der Waals surface area contributed by atoms with Crippen LogP contribution in [0.1, 0.15) is 57.1 Å². The molecule has 0 aromatic heterocycles. The van der Waals surface area contributed by atoms with Crippen molar-refractivity contribution in [3.63, 3.8) is 0 Å².